The molecule has 2 atom stereocenters. The summed E-state index contributed by atoms with van der Waals surface area (Å²) in [5, 5.41) is 0. The van der Waals surface area contributed by atoms with Gasteiger partial charge in [-0.2, -0.15) is 0 Å². The molecule has 2 heterocycles. The third-order valence-electron chi connectivity index (χ3n) is 4.16. The average Bonchev–Trinajstić information content (AvgIpc) is 2.64. The van der Waals surface area contributed by atoms with Crippen molar-refractivity contribution < 1.29 is 4.79 Å². The summed E-state index contributed by atoms with van der Waals surface area (Å²) >= 11 is 0. The Balaban J connectivity index is 1.93. The van der Waals surface area contributed by atoms with Crippen molar-refractivity contribution in [3.8, 4) is 0 Å². The van der Waals surface area contributed by atoms with Crippen LogP contribution in [-0.4, -0.2) is 54.0 Å². The standard InChI is InChI=1S/C14H27N3O/c1-11(2)9-13(15)14(18)17-8-4-7-16-6-3-5-12(16)10-17/h11-13H,3-10,15H2,1-2H3/t12-,13+/m0/s1. The minimum absolute atomic E-state index is 0.164. The molecule has 2 aliphatic rings. The lowest BCUT2D eigenvalue weighted by Gasteiger charge is -2.28. The summed E-state index contributed by atoms with van der Waals surface area (Å²) in [5.41, 5.74) is 6.03. The highest BCUT2D eigenvalue weighted by atomic mass is 16.2. The quantitative estimate of drug-likeness (QED) is 0.818. The molecule has 0 spiro atoms. The number of hydrogen-bond acceptors (Lipinski definition) is 3. The van der Waals surface area contributed by atoms with E-state index in [9.17, 15) is 4.79 Å². The van der Waals surface area contributed by atoms with Crippen molar-refractivity contribution in [3.63, 3.8) is 0 Å². The summed E-state index contributed by atoms with van der Waals surface area (Å²) in [6, 6.07) is 0.278. The van der Waals surface area contributed by atoms with Gasteiger partial charge in [-0.3, -0.25) is 9.69 Å². The van der Waals surface area contributed by atoms with Gasteiger partial charge in [-0.25, -0.2) is 0 Å². The van der Waals surface area contributed by atoms with E-state index in [1.54, 1.807) is 0 Å². The van der Waals surface area contributed by atoms with Gasteiger partial charge < -0.3 is 10.6 Å². The number of hydrogen-bond donors (Lipinski definition) is 1. The van der Waals surface area contributed by atoms with Crippen molar-refractivity contribution in [2.45, 2.75) is 51.6 Å². The van der Waals surface area contributed by atoms with E-state index >= 15 is 0 Å². The Morgan fingerprint density at radius 2 is 2.00 bits per heavy atom. The topological polar surface area (TPSA) is 49.6 Å². The first-order valence-electron chi connectivity index (χ1n) is 7.36. The van der Waals surface area contributed by atoms with E-state index in [0.29, 0.717) is 12.0 Å². The molecule has 4 heteroatoms. The molecule has 2 fully saturated rings. The summed E-state index contributed by atoms with van der Waals surface area (Å²) in [6.07, 6.45) is 4.41. The van der Waals surface area contributed by atoms with Gasteiger partial charge in [-0.15, -0.1) is 0 Å². The van der Waals surface area contributed by atoms with Crippen LogP contribution in [0.5, 0.6) is 0 Å². The fraction of sp³-hybridized carbons (Fsp3) is 0.929. The molecule has 18 heavy (non-hydrogen) atoms. The lowest BCUT2D eigenvalue weighted by atomic mass is 10.0. The number of fused-ring (bicyclic) bond motifs is 1. The highest BCUT2D eigenvalue weighted by molar-refractivity contribution is 5.81. The third-order valence-corrected chi connectivity index (χ3v) is 4.16. The van der Waals surface area contributed by atoms with Crippen LogP contribution >= 0.6 is 0 Å². The van der Waals surface area contributed by atoms with Crippen LogP contribution in [0.1, 0.15) is 39.5 Å². The van der Waals surface area contributed by atoms with Crippen LogP contribution in [0.4, 0.5) is 0 Å². The maximum atomic E-state index is 12.4. The van der Waals surface area contributed by atoms with E-state index in [4.69, 9.17) is 5.73 Å². The maximum absolute atomic E-state index is 12.4. The molecule has 0 aromatic carbocycles. The number of carbonyl (C=O) groups excluding carboxylic acids is 1. The summed E-state index contributed by atoms with van der Waals surface area (Å²) in [4.78, 5) is 16.9. The molecular weight excluding hydrogens is 226 g/mol. The Kier molecular flexibility index (Phi) is 4.62. The van der Waals surface area contributed by atoms with Gasteiger partial charge in [-0.1, -0.05) is 13.8 Å². The van der Waals surface area contributed by atoms with Gasteiger partial charge in [0, 0.05) is 25.7 Å². The molecule has 0 aromatic heterocycles. The Hall–Kier alpha value is -0.610. The number of carbonyl (C=O) groups is 1. The van der Waals surface area contributed by atoms with Crippen molar-refractivity contribution >= 4 is 5.91 Å². The van der Waals surface area contributed by atoms with Gasteiger partial charge in [0.15, 0.2) is 0 Å². The number of nitrogens with zero attached hydrogens (tertiary/aromatic N) is 2. The molecule has 2 saturated heterocycles. The first-order valence-corrected chi connectivity index (χ1v) is 7.36. The lowest BCUT2D eigenvalue weighted by molar-refractivity contribution is -0.133. The van der Waals surface area contributed by atoms with E-state index in [1.807, 2.05) is 4.90 Å². The smallest absolute Gasteiger partial charge is 0.239 e. The SMILES string of the molecule is CC(C)C[C@@H](N)C(=O)N1CCCN2CCC[C@H]2C1. The molecule has 4 nitrogen and oxygen atoms in total. The van der Waals surface area contributed by atoms with E-state index in [2.05, 4.69) is 18.7 Å². The van der Waals surface area contributed by atoms with Crippen LogP contribution in [0.2, 0.25) is 0 Å². The van der Waals surface area contributed by atoms with Crippen LogP contribution in [-0.2, 0) is 4.79 Å². The zero-order valence-corrected chi connectivity index (χ0v) is 11.8. The Bertz CT molecular complexity index is 293. The number of rotatable bonds is 3. The van der Waals surface area contributed by atoms with Crippen LogP contribution in [0.3, 0.4) is 0 Å². The van der Waals surface area contributed by atoms with Crippen molar-refractivity contribution in [1.29, 1.82) is 0 Å². The number of nitrogens with two attached hydrogens (primary N) is 1. The fourth-order valence-corrected chi connectivity index (χ4v) is 3.25. The van der Waals surface area contributed by atoms with Gasteiger partial charge in [0.25, 0.3) is 0 Å². The molecule has 0 aromatic rings. The molecule has 0 saturated carbocycles. The maximum Gasteiger partial charge on any atom is 0.239 e. The fourth-order valence-electron chi connectivity index (χ4n) is 3.25. The molecule has 0 bridgehead atoms. The van der Waals surface area contributed by atoms with Gasteiger partial charge in [0.2, 0.25) is 5.91 Å². The first-order chi connectivity index (χ1) is 8.58. The van der Waals surface area contributed by atoms with E-state index < -0.39 is 0 Å². The molecule has 0 aliphatic carbocycles. The molecule has 0 radical (unpaired) electrons. The second-order valence-corrected chi connectivity index (χ2v) is 6.21. The van der Waals surface area contributed by atoms with Gasteiger partial charge >= 0.3 is 0 Å². The van der Waals surface area contributed by atoms with Crippen molar-refractivity contribution in [2.75, 3.05) is 26.2 Å². The average molecular weight is 253 g/mol. The Morgan fingerprint density at radius 3 is 2.72 bits per heavy atom. The predicted octanol–water partition coefficient (Wildman–Crippen LogP) is 1.06. The van der Waals surface area contributed by atoms with Crippen LogP contribution < -0.4 is 5.73 Å². The van der Waals surface area contributed by atoms with Crippen LogP contribution in [0.25, 0.3) is 0 Å². The highest BCUT2D eigenvalue weighted by Crippen LogP contribution is 2.21. The minimum Gasteiger partial charge on any atom is -0.340 e. The number of amides is 1. The highest BCUT2D eigenvalue weighted by Gasteiger charge is 2.32. The molecule has 1 amide bonds. The summed E-state index contributed by atoms with van der Waals surface area (Å²) in [6.45, 7) is 8.38. The van der Waals surface area contributed by atoms with Gasteiger partial charge in [-0.05, 0) is 38.1 Å². The zero-order chi connectivity index (χ0) is 13.1. The first kappa shape index (κ1) is 13.8. The predicted molar refractivity (Wildman–Crippen MR) is 73.2 cm³/mol. The van der Waals surface area contributed by atoms with Gasteiger partial charge in [0.05, 0.1) is 6.04 Å². The summed E-state index contributed by atoms with van der Waals surface area (Å²) in [5.74, 6) is 0.649. The van der Waals surface area contributed by atoms with E-state index in [-0.39, 0.29) is 11.9 Å². The zero-order valence-electron chi connectivity index (χ0n) is 11.8. The molecule has 2 rings (SSSR count). The lowest BCUT2D eigenvalue weighted by Crippen LogP contribution is -2.47. The normalized spacial score (nSPS) is 27.1. The molecule has 2 N–H and O–H groups in total. The van der Waals surface area contributed by atoms with Crippen LogP contribution in [0.15, 0.2) is 0 Å². The summed E-state index contributed by atoms with van der Waals surface area (Å²) in [7, 11) is 0. The second kappa shape index (κ2) is 6.02. The largest absolute Gasteiger partial charge is 0.340 e. The monoisotopic (exact) mass is 253 g/mol. The van der Waals surface area contributed by atoms with Crippen molar-refractivity contribution in [2.24, 2.45) is 11.7 Å². The summed E-state index contributed by atoms with van der Waals surface area (Å²) < 4.78 is 0. The van der Waals surface area contributed by atoms with Crippen LogP contribution in [0, 0.1) is 5.92 Å². The third kappa shape index (κ3) is 3.23. The molecule has 2 aliphatic heterocycles. The molecule has 104 valence electrons. The Morgan fingerprint density at radius 1 is 1.28 bits per heavy atom. The van der Waals surface area contributed by atoms with Crippen molar-refractivity contribution in [1.82, 2.24) is 9.80 Å². The van der Waals surface area contributed by atoms with E-state index in [0.717, 1.165) is 32.5 Å². The molecular formula is C14H27N3O. The minimum atomic E-state index is -0.307. The van der Waals surface area contributed by atoms with Crippen molar-refractivity contribution in [3.05, 3.63) is 0 Å². The molecule has 0 unspecified atom stereocenters. The Labute approximate surface area is 110 Å². The van der Waals surface area contributed by atoms with Gasteiger partial charge in [0.1, 0.15) is 0 Å². The van der Waals surface area contributed by atoms with E-state index in [1.165, 1.54) is 19.4 Å². The second-order valence-electron chi connectivity index (χ2n) is 6.21.